The molecular weight excluding hydrogens is 218 g/mol. The van der Waals surface area contributed by atoms with Gasteiger partial charge < -0.3 is 10.8 Å². The Kier molecular flexibility index (Phi) is 3.26. The van der Waals surface area contributed by atoms with Crippen molar-refractivity contribution in [2.45, 2.75) is 13.0 Å². The lowest BCUT2D eigenvalue weighted by Crippen LogP contribution is -2.11. The van der Waals surface area contributed by atoms with Crippen molar-refractivity contribution in [1.82, 2.24) is 0 Å². The minimum atomic E-state index is -0.554. The van der Waals surface area contributed by atoms with Crippen molar-refractivity contribution < 1.29 is 5.11 Å². The van der Waals surface area contributed by atoms with E-state index >= 15 is 0 Å². The minimum Gasteiger partial charge on any atom is -0.387 e. The molecule has 1 unspecified atom stereocenters. The van der Waals surface area contributed by atoms with Crippen LogP contribution in [0, 0.1) is 6.92 Å². The predicted octanol–water partition coefficient (Wildman–Crippen LogP) is 1.75. The maximum Gasteiger partial charge on any atom is 0.0912 e. The van der Waals surface area contributed by atoms with Gasteiger partial charge in [0.05, 0.1) is 6.10 Å². The second-order valence-corrected chi connectivity index (χ2v) is 3.61. The highest BCUT2D eigenvalue weighted by Gasteiger charge is 2.05. The highest BCUT2D eigenvalue weighted by atomic mass is 79.9. The summed E-state index contributed by atoms with van der Waals surface area (Å²) < 4.78 is 1.01. The van der Waals surface area contributed by atoms with Crippen LogP contribution in [0.4, 0.5) is 0 Å². The number of aliphatic hydroxyl groups is 1. The molecule has 3 N–H and O–H groups in total. The van der Waals surface area contributed by atoms with E-state index in [0.717, 1.165) is 15.6 Å². The Morgan fingerprint density at radius 1 is 1.58 bits per heavy atom. The number of aliphatic hydroxyl groups excluding tert-OH is 1. The summed E-state index contributed by atoms with van der Waals surface area (Å²) in [7, 11) is 0. The van der Waals surface area contributed by atoms with Crippen molar-refractivity contribution in [2.75, 3.05) is 6.54 Å². The molecule has 0 aliphatic heterocycles. The Morgan fingerprint density at radius 2 is 2.25 bits per heavy atom. The van der Waals surface area contributed by atoms with Crippen LogP contribution in [0.15, 0.2) is 22.7 Å². The second-order valence-electron chi connectivity index (χ2n) is 2.76. The number of hydrogen-bond donors (Lipinski definition) is 2. The summed E-state index contributed by atoms with van der Waals surface area (Å²) in [5.41, 5.74) is 7.34. The molecule has 0 saturated heterocycles. The van der Waals surface area contributed by atoms with Crippen molar-refractivity contribution >= 4 is 15.9 Å². The molecule has 1 atom stereocenters. The van der Waals surface area contributed by atoms with Crippen molar-refractivity contribution in [3.8, 4) is 0 Å². The molecule has 12 heavy (non-hydrogen) atoms. The van der Waals surface area contributed by atoms with E-state index in [2.05, 4.69) is 15.9 Å². The van der Waals surface area contributed by atoms with Crippen LogP contribution in [-0.4, -0.2) is 11.7 Å². The summed E-state index contributed by atoms with van der Waals surface area (Å²) >= 11 is 3.39. The molecule has 1 aromatic carbocycles. The Bertz CT molecular complexity index is 275. The quantitative estimate of drug-likeness (QED) is 0.812. The van der Waals surface area contributed by atoms with E-state index in [1.165, 1.54) is 0 Å². The predicted molar refractivity (Wildman–Crippen MR) is 52.9 cm³/mol. The zero-order chi connectivity index (χ0) is 9.14. The zero-order valence-electron chi connectivity index (χ0n) is 6.92. The summed E-state index contributed by atoms with van der Waals surface area (Å²) in [5, 5.41) is 9.40. The Morgan fingerprint density at radius 3 is 2.75 bits per heavy atom. The first-order valence-electron chi connectivity index (χ1n) is 3.79. The fourth-order valence-corrected chi connectivity index (χ4v) is 1.35. The molecule has 0 aliphatic carbocycles. The van der Waals surface area contributed by atoms with Gasteiger partial charge in [0.25, 0.3) is 0 Å². The van der Waals surface area contributed by atoms with Crippen molar-refractivity contribution in [3.63, 3.8) is 0 Å². The summed E-state index contributed by atoms with van der Waals surface area (Å²) in [6, 6.07) is 5.74. The maximum absolute atomic E-state index is 9.40. The lowest BCUT2D eigenvalue weighted by atomic mass is 10.1. The molecule has 0 amide bonds. The third-order valence-electron chi connectivity index (χ3n) is 1.80. The number of nitrogens with two attached hydrogens (primary N) is 1. The normalized spacial score (nSPS) is 13.0. The molecular formula is C9H12BrNO. The average molecular weight is 230 g/mol. The Hall–Kier alpha value is -0.380. The lowest BCUT2D eigenvalue weighted by Gasteiger charge is -2.08. The smallest absolute Gasteiger partial charge is 0.0912 e. The van der Waals surface area contributed by atoms with Crippen molar-refractivity contribution in [1.29, 1.82) is 0 Å². The first kappa shape index (κ1) is 9.71. The standard InChI is InChI=1S/C9H12BrNO/c1-6-2-3-7(4-8(6)10)9(12)5-11/h2-4,9,12H,5,11H2,1H3. The van der Waals surface area contributed by atoms with Crippen LogP contribution in [0.25, 0.3) is 0 Å². The van der Waals surface area contributed by atoms with Crippen LogP contribution in [0.5, 0.6) is 0 Å². The van der Waals surface area contributed by atoms with E-state index in [1.807, 2.05) is 25.1 Å². The number of hydrogen-bond acceptors (Lipinski definition) is 2. The monoisotopic (exact) mass is 229 g/mol. The fraction of sp³-hybridized carbons (Fsp3) is 0.333. The van der Waals surface area contributed by atoms with Gasteiger partial charge in [-0.05, 0) is 24.1 Å². The van der Waals surface area contributed by atoms with E-state index in [9.17, 15) is 5.11 Å². The van der Waals surface area contributed by atoms with Gasteiger partial charge in [-0.3, -0.25) is 0 Å². The fourth-order valence-electron chi connectivity index (χ4n) is 0.952. The SMILES string of the molecule is Cc1ccc(C(O)CN)cc1Br. The maximum atomic E-state index is 9.40. The highest BCUT2D eigenvalue weighted by molar-refractivity contribution is 9.10. The number of benzene rings is 1. The van der Waals surface area contributed by atoms with Gasteiger partial charge in [0.1, 0.15) is 0 Å². The molecule has 0 bridgehead atoms. The Labute approximate surface area is 80.5 Å². The Balaban J connectivity index is 2.96. The number of halogens is 1. The summed E-state index contributed by atoms with van der Waals surface area (Å²) in [6.45, 7) is 2.26. The third kappa shape index (κ3) is 2.06. The molecule has 0 aliphatic rings. The number of aryl methyl sites for hydroxylation is 1. The van der Waals surface area contributed by atoms with Crippen LogP contribution < -0.4 is 5.73 Å². The van der Waals surface area contributed by atoms with Crippen LogP contribution >= 0.6 is 15.9 Å². The van der Waals surface area contributed by atoms with E-state index in [1.54, 1.807) is 0 Å². The van der Waals surface area contributed by atoms with Gasteiger partial charge in [0, 0.05) is 11.0 Å². The molecule has 0 saturated carbocycles. The first-order valence-corrected chi connectivity index (χ1v) is 4.58. The van der Waals surface area contributed by atoms with Gasteiger partial charge in [-0.1, -0.05) is 28.1 Å². The molecule has 1 rings (SSSR count). The van der Waals surface area contributed by atoms with Gasteiger partial charge in [-0.2, -0.15) is 0 Å². The first-order chi connectivity index (χ1) is 5.65. The van der Waals surface area contributed by atoms with Crippen molar-refractivity contribution in [2.24, 2.45) is 5.73 Å². The van der Waals surface area contributed by atoms with E-state index in [-0.39, 0.29) is 6.54 Å². The molecule has 0 aromatic heterocycles. The molecule has 1 aromatic rings. The molecule has 66 valence electrons. The van der Waals surface area contributed by atoms with E-state index < -0.39 is 6.10 Å². The van der Waals surface area contributed by atoms with Crippen LogP contribution in [0.1, 0.15) is 17.2 Å². The van der Waals surface area contributed by atoms with Crippen LogP contribution in [0.2, 0.25) is 0 Å². The molecule has 0 heterocycles. The minimum absolute atomic E-state index is 0.259. The van der Waals surface area contributed by atoms with E-state index in [0.29, 0.717) is 0 Å². The summed E-state index contributed by atoms with van der Waals surface area (Å²) in [5.74, 6) is 0. The van der Waals surface area contributed by atoms with Gasteiger partial charge in [-0.25, -0.2) is 0 Å². The van der Waals surface area contributed by atoms with Gasteiger partial charge in [0.15, 0.2) is 0 Å². The van der Waals surface area contributed by atoms with Crippen LogP contribution in [-0.2, 0) is 0 Å². The second kappa shape index (κ2) is 4.03. The van der Waals surface area contributed by atoms with Gasteiger partial charge in [-0.15, -0.1) is 0 Å². The highest BCUT2D eigenvalue weighted by Crippen LogP contribution is 2.21. The molecule has 0 spiro atoms. The van der Waals surface area contributed by atoms with Crippen molar-refractivity contribution in [3.05, 3.63) is 33.8 Å². The molecule has 2 nitrogen and oxygen atoms in total. The largest absolute Gasteiger partial charge is 0.387 e. The van der Waals surface area contributed by atoms with Crippen LogP contribution in [0.3, 0.4) is 0 Å². The molecule has 3 heteroatoms. The summed E-state index contributed by atoms with van der Waals surface area (Å²) in [6.07, 6.45) is -0.554. The number of rotatable bonds is 2. The lowest BCUT2D eigenvalue weighted by molar-refractivity contribution is 0.186. The van der Waals surface area contributed by atoms with Gasteiger partial charge >= 0.3 is 0 Å². The molecule has 0 fully saturated rings. The topological polar surface area (TPSA) is 46.2 Å². The molecule has 0 radical (unpaired) electrons. The average Bonchev–Trinajstić information content (AvgIpc) is 2.08. The third-order valence-corrected chi connectivity index (χ3v) is 2.66. The van der Waals surface area contributed by atoms with Gasteiger partial charge in [0.2, 0.25) is 0 Å². The summed E-state index contributed by atoms with van der Waals surface area (Å²) in [4.78, 5) is 0. The van der Waals surface area contributed by atoms with E-state index in [4.69, 9.17) is 5.73 Å². The zero-order valence-corrected chi connectivity index (χ0v) is 8.51.